The van der Waals surface area contributed by atoms with Crippen LogP contribution in [-0.2, 0) is 11.9 Å². The second kappa shape index (κ2) is 6.19. The molecule has 6 nitrogen and oxygen atoms in total. The van der Waals surface area contributed by atoms with Crippen molar-refractivity contribution in [3.8, 4) is 5.75 Å². The van der Waals surface area contributed by atoms with Crippen LogP contribution in [0.15, 0.2) is 34.2 Å². The van der Waals surface area contributed by atoms with E-state index in [1.54, 1.807) is 25.3 Å². The fourth-order valence-corrected chi connectivity index (χ4v) is 2.77. The van der Waals surface area contributed by atoms with Crippen LogP contribution >= 0.6 is 11.8 Å². The van der Waals surface area contributed by atoms with Gasteiger partial charge in [0.2, 0.25) is 0 Å². The Balaban J connectivity index is 1.81. The molecule has 0 unspecified atom stereocenters. The van der Waals surface area contributed by atoms with Gasteiger partial charge < -0.3 is 14.7 Å². The normalized spacial score (nSPS) is 11.8. The summed E-state index contributed by atoms with van der Waals surface area (Å²) in [5.41, 5.74) is -0.621. The number of aromatic nitrogens is 4. The summed E-state index contributed by atoms with van der Waals surface area (Å²) in [5, 5.41) is -0.118. The third-order valence-electron chi connectivity index (χ3n) is 3.09. The summed E-state index contributed by atoms with van der Waals surface area (Å²) in [5.74, 6) is 1.43. The predicted molar refractivity (Wildman–Crippen MR) is 82.1 cm³/mol. The number of thioether (sulfide) groups is 1. The van der Waals surface area contributed by atoms with E-state index in [9.17, 15) is 18.0 Å². The van der Waals surface area contributed by atoms with Crippen molar-refractivity contribution in [2.75, 3.05) is 7.11 Å². The van der Waals surface area contributed by atoms with Crippen molar-refractivity contribution < 1.29 is 17.9 Å². The Hall–Kier alpha value is -2.49. The lowest BCUT2D eigenvalue weighted by atomic mass is 10.3. The third kappa shape index (κ3) is 3.53. The summed E-state index contributed by atoms with van der Waals surface area (Å²) in [6, 6.07) is 5.72. The topological polar surface area (TPSA) is 83.7 Å². The minimum Gasteiger partial charge on any atom is -0.497 e. The van der Waals surface area contributed by atoms with Gasteiger partial charge in [0.25, 0.3) is 5.56 Å². The Morgan fingerprint density at radius 1 is 1.21 bits per heavy atom. The monoisotopic (exact) mass is 356 g/mol. The molecule has 0 aliphatic heterocycles. The number of H-pyrrole nitrogens is 2. The first kappa shape index (κ1) is 16.4. The highest BCUT2D eigenvalue weighted by atomic mass is 32.2. The van der Waals surface area contributed by atoms with Gasteiger partial charge in [0.05, 0.1) is 23.9 Å². The first-order valence-electron chi connectivity index (χ1n) is 6.69. The van der Waals surface area contributed by atoms with Crippen molar-refractivity contribution in [3.63, 3.8) is 0 Å². The number of fused-ring (bicyclic) bond motifs is 1. The van der Waals surface area contributed by atoms with E-state index in [-0.39, 0.29) is 10.9 Å². The summed E-state index contributed by atoms with van der Waals surface area (Å²) in [7, 11) is 1.55. The van der Waals surface area contributed by atoms with Crippen LogP contribution in [0.25, 0.3) is 11.0 Å². The molecular formula is C14H11F3N4O2S. The van der Waals surface area contributed by atoms with Crippen LogP contribution in [-0.4, -0.2) is 27.0 Å². The Labute approximate surface area is 137 Å². The fraction of sp³-hybridized carbons (Fsp3) is 0.214. The zero-order valence-corrected chi connectivity index (χ0v) is 13.1. The number of hydrogen-bond acceptors (Lipinski definition) is 5. The molecule has 0 radical (unpaired) electrons. The standard InChI is InChI=1S/C14H11F3N4O2S/c1-23-7-2-3-8-9(4-7)19-11(18-8)6-24-13-20-10(14(15,16)17)5-12(22)21-13/h2-5H,6H2,1H3,(H,18,19)(H,20,21,22). The number of ether oxygens (including phenoxy) is 1. The van der Waals surface area contributed by atoms with Crippen molar-refractivity contribution in [1.82, 2.24) is 19.9 Å². The fourth-order valence-electron chi connectivity index (χ4n) is 2.02. The highest BCUT2D eigenvalue weighted by molar-refractivity contribution is 7.98. The van der Waals surface area contributed by atoms with E-state index >= 15 is 0 Å². The van der Waals surface area contributed by atoms with Gasteiger partial charge in [-0.1, -0.05) is 11.8 Å². The molecule has 2 heterocycles. The number of nitrogens with zero attached hydrogens (tertiary/aromatic N) is 2. The van der Waals surface area contributed by atoms with E-state index in [1.165, 1.54) is 0 Å². The van der Waals surface area contributed by atoms with Crippen LogP contribution in [0.3, 0.4) is 0 Å². The van der Waals surface area contributed by atoms with Crippen molar-refractivity contribution in [3.05, 3.63) is 46.1 Å². The van der Waals surface area contributed by atoms with Crippen LogP contribution in [0.4, 0.5) is 13.2 Å². The molecule has 0 bridgehead atoms. The van der Waals surface area contributed by atoms with Gasteiger partial charge in [-0.05, 0) is 12.1 Å². The predicted octanol–water partition coefficient (Wildman–Crippen LogP) is 2.97. The maximum absolute atomic E-state index is 12.7. The Morgan fingerprint density at radius 3 is 2.71 bits per heavy atom. The van der Waals surface area contributed by atoms with E-state index in [1.807, 2.05) is 0 Å². The average Bonchev–Trinajstić information content (AvgIpc) is 2.93. The first-order chi connectivity index (χ1) is 11.3. The highest BCUT2D eigenvalue weighted by Gasteiger charge is 2.33. The van der Waals surface area contributed by atoms with E-state index < -0.39 is 17.4 Å². The van der Waals surface area contributed by atoms with E-state index in [0.717, 1.165) is 17.3 Å². The first-order valence-corrected chi connectivity index (χ1v) is 7.68. The second-order valence-electron chi connectivity index (χ2n) is 4.79. The highest BCUT2D eigenvalue weighted by Crippen LogP contribution is 2.28. The van der Waals surface area contributed by atoms with Crippen molar-refractivity contribution in [2.45, 2.75) is 17.1 Å². The van der Waals surface area contributed by atoms with Gasteiger partial charge in [-0.15, -0.1) is 0 Å². The van der Waals surface area contributed by atoms with Gasteiger partial charge in [0.15, 0.2) is 10.9 Å². The number of alkyl halides is 3. The van der Waals surface area contributed by atoms with Gasteiger partial charge in [0, 0.05) is 12.1 Å². The number of aromatic amines is 2. The molecule has 0 atom stereocenters. The largest absolute Gasteiger partial charge is 0.497 e. The summed E-state index contributed by atoms with van der Waals surface area (Å²) in [6.45, 7) is 0. The number of hydrogen-bond donors (Lipinski definition) is 2. The lowest BCUT2D eigenvalue weighted by Crippen LogP contribution is -2.16. The summed E-state index contributed by atoms with van der Waals surface area (Å²) < 4.78 is 43.1. The van der Waals surface area contributed by atoms with Crippen LogP contribution in [0.5, 0.6) is 5.75 Å². The van der Waals surface area contributed by atoms with Gasteiger partial charge in [-0.2, -0.15) is 13.2 Å². The van der Waals surface area contributed by atoms with E-state index in [4.69, 9.17) is 4.74 Å². The number of benzene rings is 1. The molecule has 0 saturated carbocycles. The zero-order valence-electron chi connectivity index (χ0n) is 12.3. The molecule has 126 valence electrons. The third-order valence-corrected chi connectivity index (χ3v) is 3.98. The molecule has 0 fully saturated rings. The molecule has 3 rings (SSSR count). The van der Waals surface area contributed by atoms with E-state index in [0.29, 0.717) is 23.2 Å². The van der Waals surface area contributed by atoms with E-state index in [2.05, 4.69) is 19.9 Å². The molecule has 0 amide bonds. The van der Waals surface area contributed by atoms with Crippen LogP contribution < -0.4 is 10.3 Å². The maximum atomic E-state index is 12.7. The van der Waals surface area contributed by atoms with Crippen LogP contribution in [0.2, 0.25) is 0 Å². The lowest BCUT2D eigenvalue weighted by Gasteiger charge is -2.06. The van der Waals surface area contributed by atoms with Crippen molar-refractivity contribution >= 4 is 22.8 Å². The molecule has 10 heteroatoms. The van der Waals surface area contributed by atoms with Gasteiger partial charge in [-0.25, -0.2) is 9.97 Å². The molecule has 2 aromatic heterocycles. The molecule has 0 aliphatic rings. The molecule has 0 spiro atoms. The van der Waals surface area contributed by atoms with Crippen LogP contribution in [0.1, 0.15) is 11.5 Å². The smallest absolute Gasteiger partial charge is 0.433 e. The Morgan fingerprint density at radius 2 is 2.00 bits per heavy atom. The average molecular weight is 356 g/mol. The minimum atomic E-state index is -4.67. The molecule has 0 aliphatic carbocycles. The lowest BCUT2D eigenvalue weighted by molar-refractivity contribution is -0.141. The molecular weight excluding hydrogens is 345 g/mol. The maximum Gasteiger partial charge on any atom is 0.433 e. The van der Waals surface area contributed by atoms with Gasteiger partial charge >= 0.3 is 6.18 Å². The molecule has 1 aromatic carbocycles. The SMILES string of the molecule is COc1ccc2nc(CSc3nc(C(F)(F)F)cc(=O)[nH]3)[nH]c2c1. The van der Waals surface area contributed by atoms with Gasteiger partial charge in [0.1, 0.15) is 11.6 Å². The summed E-state index contributed by atoms with van der Waals surface area (Å²) in [6.07, 6.45) is -4.67. The molecule has 2 N–H and O–H groups in total. The quantitative estimate of drug-likeness (QED) is 0.555. The number of nitrogens with one attached hydrogen (secondary N) is 2. The molecule has 24 heavy (non-hydrogen) atoms. The summed E-state index contributed by atoms with van der Waals surface area (Å²) in [4.78, 5) is 24.4. The zero-order chi connectivity index (χ0) is 17.3. The van der Waals surface area contributed by atoms with Crippen molar-refractivity contribution in [2.24, 2.45) is 0 Å². The Bertz CT molecular complexity index is 936. The molecule has 3 aromatic rings. The van der Waals surface area contributed by atoms with Gasteiger partial charge in [-0.3, -0.25) is 4.79 Å². The van der Waals surface area contributed by atoms with Crippen molar-refractivity contribution in [1.29, 1.82) is 0 Å². The number of imidazole rings is 1. The number of rotatable bonds is 4. The number of halogens is 3. The Kier molecular flexibility index (Phi) is 4.22. The molecule has 0 saturated heterocycles. The van der Waals surface area contributed by atoms with Crippen LogP contribution in [0, 0.1) is 0 Å². The second-order valence-corrected chi connectivity index (χ2v) is 5.75. The minimum absolute atomic E-state index is 0.118. The number of methoxy groups -OCH3 is 1. The summed E-state index contributed by atoms with van der Waals surface area (Å²) >= 11 is 0.951.